The summed E-state index contributed by atoms with van der Waals surface area (Å²) in [6.07, 6.45) is 10.3. The van der Waals surface area contributed by atoms with Crippen molar-refractivity contribution in [3.63, 3.8) is 0 Å². The number of rotatable bonds is 8. The maximum atomic E-state index is 12.8. The second-order valence-electron chi connectivity index (χ2n) is 9.35. The van der Waals surface area contributed by atoms with Gasteiger partial charge in [0, 0.05) is 38.4 Å². The van der Waals surface area contributed by atoms with E-state index in [1.807, 2.05) is 6.92 Å². The number of nitrogens with zero attached hydrogens (tertiary/aromatic N) is 3. The molecule has 5 rings (SSSR count). The molecule has 2 aliphatic carbocycles. The van der Waals surface area contributed by atoms with E-state index in [1.165, 1.54) is 10.6 Å². The van der Waals surface area contributed by atoms with E-state index in [9.17, 15) is 9.59 Å². The molecule has 1 saturated heterocycles. The molecule has 2 amide bonds. The van der Waals surface area contributed by atoms with Crippen LogP contribution >= 0.6 is 0 Å². The topological polar surface area (TPSA) is 77.0 Å². The Bertz CT molecular complexity index is 945. The molecule has 2 N–H and O–H groups in total. The molecule has 2 bridgehead atoms. The summed E-state index contributed by atoms with van der Waals surface area (Å²) in [5.41, 5.74) is 2.39. The van der Waals surface area contributed by atoms with E-state index < -0.39 is 0 Å². The van der Waals surface area contributed by atoms with Gasteiger partial charge in [-0.05, 0) is 49.3 Å². The van der Waals surface area contributed by atoms with Crippen molar-refractivity contribution in [1.29, 1.82) is 0 Å². The van der Waals surface area contributed by atoms with Gasteiger partial charge in [0.05, 0.1) is 18.4 Å². The number of imide groups is 1. The predicted molar refractivity (Wildman–Crippen MR) is 130 cm³/mol. The number of nitrogens with one attached hydrogen (secondary N) is 2. The number of guanidine groups is 1. The lowest BCUT2D eigenvalue weighted by atomic mass is 9.85. The first kappa shape index (κ1) is 21.7. The Hall–Kier alpha value is -3.09. The Morgan fingerprint density at radius 2 is 1.67 bits per heavy atom. The van der Waals surface area contributed by atoms with E-state index in [4.69, 9.17) is 4.99 Å². The van der Waals surface area contributed by atoms with Crippen LogP contribution in [0, 0.1) is 23.7 Å². The first-order chi connectivity index (χ1) is 16.2. The molecule has 174 valence electrons. The third kappa shape index (κ3) is 4.28. The van der Waals surface area contributed by atoms with Gasteiger partial charge in [-0.2, -0.15) is 0 Å². The van der Waals surface area contributed by atoms with Gasteiger partial charge < -0.3 is 15.5 Å². The minimum Gasteiger partial charge on any atom is -0.364 e. The lowest BCUT2D eigenvalue weighted by Crippen LogP contribution is -2.40. The number of benzene rings is 1. The maximum Gasteiger partial charge on any atom is 0.233 e. The zero-order valence-electron chi connectivity index (χ0n) is 19.2. The molecule has 4 unspecified atom stereocenters. The predicted octanol–water partition coefficient (Wildman–Crippen LogP) is 2.32. The largest absolute Gasteiger partial charge is 0.364 e. The Labute approximate surface area is 195 Å². The minimum absolute atomic E-state index is 0.0376. The second kappa shape index (κ2) is 9.41. The monoisotopic (exact) mass is 447 g/mol. The van der Waals surface area contributed by atoms with Crippen LogP contribution in [0.25, 0.3) is 0 Å². The Morgan fingerprint density at radius 3 is 2.30 bits per heavy atom. The average Bonchev–Trinajstić information content (AvgIpc) is 3.62. The lowest BCUT2D eigenvalue weighted by Gasteiger charge is -2.18. The van der Waals surface area contributed by atoms with E-state index >= 15 is 0 Å². The molecule has 0 radical (unpaired) electrons. The molecule has 4 atom stereocenters. The van der Waals surface area contributed by atoms with Gasteiger partial charge >= 0.3 is 0 Å². The van der Waals surface area contributed by atoms with Crippen molar-refractivity contribution in [3.8, 4) is 0 Å². The van der Waals surface area contributed by atoms with Crippen molar-refractivity contribution in [1.82, 2.24) is 15.5 Å². The Morgan fingerprint density at radius 1 is 1.00 bits per heavy atom. The summed E-state index contributed by atoms with van der Waals surface area (Å²) in [6.45, 7) is 6.48. The second-order valence-corrected chi connectivity index (χ2v) is 9.35. The van der Waals surface area contributed by atoms with Crippen molar-refractivity contribution in [3.05, 3.63) is 54.1 Å². The normalized spacial score (nSPS) is 27.7. The van der Waals surface area contributed by atoms with E-state index in [0.29, 0.717) is 26.1 Å². The van der Waals surface area contributed by atoms with Crippen LogP contribution in [0.1, 0.15) is 25.3 Å². The number of allylic oxidation sites excluding steroid dienone is 2. The van der Waals surface area contributed by atoms with Gasteiger partial charge in [0.15, 0.2) is 5.96 Å². The molecule has 2 aliphatic heterocycles. The standard InChI is InChI=1S/C26H33N5O2/c1-2-27-26(29-17-18-6-10-21(11-7-18)30-13-3-4-14-30)28-12-5-15-31-24(32)22-19-8-9-20(16-19)23(22)25(31)33/h3-4,6-11,19-20,22-23H,2,5,12-17H2,1H3,(H2,27,28,29). The lowest BCUT2D eigenvalue weighted by molar-refractivity contribution is -0.140. The number of hydrogen-bond donors (Lipinski definition) is 2. The number of fused-ring (bicyclic) bond motifs is 5. The third-order valence-electron chi connectivity index (χ3n) is 7.30. The molecule has 33 heavy (non-hydrogen) atoms. The van der Waals surface area contributed by atoms with Gasteiger partial charge in [0.1, 0.15) is 0 Å². The van der Waals surface area contributed by atoms with Crippen LogP contribution in [-0.4, -0.2) is 55.4 Å². The number of aliphatic imine (C=N–C) groups is 1. The highest BCUT2D eigenvalue weighted by Gasteiger charge is 2.58. The van der Waals surface area contributed by atoms with Crippen LogP contribution in [0.15, 0.2) is 53.6 Å². The summed E-state index contributed by atoms with van der Waals surface area (Å²) in [6, 6.07) is 8.56. The quantitative estimate of drug-likeness (QED) is 0.210. The molecule has 7 nitrogen and oxygen atoms in total. The van der Waals surface area contributed by atoms with Crippen molar-refractivity contribution >= 4 is 23.5 Å². The highest BCUT2D eigenvalue weighted by atomic mass is 16.2. The van der Waals surface area contributed by atoms with Gasteiger partial charge in [-0.1, -0.05) is 36.4 Å². The molecule has 2 fully saturated rings. The van der Waals surface area contributed by atoms with Gasteiger partial charge in [0.2, 0.25) is 11.8 Å². The van der Waals surface area contributed by atoms with Gasteiger partial charge in [-0.15, -0.1) is 0 Å². The van der Waals surface area contributed by atoms with Crippen molar-refractivity contribution < 1.29 is 9.59 Å². The summed E-state index contributed by atoms with van der Waals surface area (Å²) in [4.78, 5) is 34.1. The molecule has 1 saturated carbocycles. The number of hydrogen-bond acceptors (Lipinski definition) is 4. The van der Waals surface area contributed by atoms with Gasteiger partial charge in [0.25, 0.3) is 0 Å². The molecule has 2 heterocycles. The zero-order valence-corrected chi connectivity index (χ0v) is 19.2. The van der Waals surface area contributed by atoms with Crippen molar-refractivity contribution in [2.24, 2.45) is 28.7 Å². The van der Waals surface area contributed by atoms with Crippen LogP contribution in [0.3, 0.4) is 0 Å². The summed E-state index contributed by atoms with van der Waals surface area (Å²) in [5.74, 6) is 1.16. The van der Waals surface area contributed by atoms with E-state index in [-0.39, 0.29) is 35.5 Å². The molecule has 0 spiro atoms. The maximum absolute atomic E-state index is 12.8. The zero-order chi connectivity index (χ0) is 22.8. The fraction of sp³-hybridized carbons (Fsp3) is 0.500. The molecule has 7 heteroatoms. The number of carbonyl (C=O) groups excluding carboxylic acids is 2. The van der Waals surface area contributed by atoms with Crippen LogP contribution in [-0.2, 0) is 16.1 Å². The molecule has 1 aromatic carbocycles. The van der Waals surface area contributed by atoms with E-state index in [2.05, 4.69) is 64.1 Å². The number of likely N-dealkylation sites (tertiary alicyclic amines) is 1. The average molecular weight is 448 g/mol. The minimum atomic E-state index is -0.104. The van der Waals surface area contributed by atoms with Crippen LogP contribution in [0.5, 0.6) is 0 Å². The Kier molecular flexibility index (Phi) is 6.20. The van der Waals surface area contributed by atoms with Crippen molar-refractivity contribution in [2.45, 2.75) is 26.3 Å². The van der Waals surface area contributed by atoms with E-state index in [1.54, 1.807) is 0 Å². The third-order valence-corrected chi connectivity index (χ3v) is 7.30. The van der Waals surface area contributed by atoms with E-state index in [0.717, 1.165) is 37.6 Å². The van der Waals surface area contributed by atoms with Gasteiger partial charge in [-0.25, -0.2) is 4.99 Å². The first-order valence-electron chi connectivity index (χ1n) is 12.2. The summed E-state index contributed by atoms with van der Waals surface area (Å²) in [5, 5.41) is 6.62. The summed E-state index contributed by atoms with van der Waals surface area (Å²) in [7, 11) is 0. The SMILES string of the molecule is CCNC(=NCc1ccc(N2CC=CC2)cc1)NCCCN1C(=O)C2C3C=CC(C3)C2C1=O. The fourth-order valence-electron chi connectivity index (χ4n) is 5.64. The summed E-state index contributed by atoms with van der Waals surface area (Å²) >= 11 is 0. The highest BCUT2D eigenvalue weighted by Crippen LogP contribution is 2.52. The van der Waals surface area contributed by atoms with Crippen molar-refractivity contribution in [2.75, 3.05) is 37.6 Å². The first-order valence-corrected chi connectivity index (χ1v) is 12.2. The summed E-state index contributed by atoms with van der Waals surface area (Å²) < 4.78 is 0. The molecular formula is C26H33N5O2. The fourth-order valence-corrected chi connectivity index (χ4v) is 5.64. The molecular weight excluding hydrogens is 414 g/mol. The number of carbonyl (C=O) groups is 2. The highest BCUT2D eigenvalue weighted by molar-refractivity contribution is 6.06. The Balaban J connectivity index is 1.10. The van der Waals surface area contributed by atoms with Crippen LogP contribution in [0.2, 0.25) is 0 Å². The molecule has 0 aromatic heterocycles. The number of anilines is 1. The van der Waals surface area contributed by atoms with Gasteiger partial charge in [-0.3, -0.25) is 14.5 Å². The number of amides is 2. The molecule has 1 aromatic rings. The van der Waals surface area contributed by atoms with Crippen LogP contribution < -0.4 is 15.5 Å². The molecule has 4 aliphatic rings. The van der Waals surface area contributed by atoms with Crippen LogP contribution in [0.4, 0.5) is 5.69 Å². The smallest absolute Gasteiger partial charge is 0.233 e.